The number of anilines is 2. The second kappa shape index (κ2) is 9.32. The maximum atomic E-state index is 12.9. The van der Waals surface area contributed by atoms with Crippen molar-refractivity contribution in [1.29, 1.82) is 0 Å². The lowest BCUT2D eigenvalue weighted by Gasteiger charge is -2.19. The number of imidazole rings is 1. The summed E-state index contributed by atoms with van der Waals surface area (Å²) in [7, 11) is 0. The van der Waals surface area contributed by atoms with Gasteiger partial charge in [-0.3, -0.25) is 24.6 Å². The van der Waals surface area contributed by atoms with E-state index in [1.54, 1.807) is 24.3 Å². The Labute approximate surface area is 186 Å². The third-order valence-electron chi connectivity index (χ3n) is 5.85. The number of fused-ring (bicyclic) bond motifs is 1. The minimum atomic E-state index is -0.296. The van der Waals surface area contributed by atoms with Gasteiger partial charge in [-0.05, 0) is 49.5 Å². The van der Waals surface area contributed by atoms with Crippen molar-refractivity contribution in [1.82, 2.24) is 14.5 Å². The van der Waals surface area contributed by atoms with E-state index in [9.17, 15) is 14.4 Å². The summed E-state index contributed by atoms with van der Waals surface area (Å²) in [5, 5.41) is 2.93. The first-order valence-electron chi connectivity index (χ1n) is 11.0. The lowest BCUT2D eigenvalue weighted by Crippen LogP contribution is -2.28. The van der Waals surface area contributed by atoms with E-state index in [-0.39, 0.29) is 30.6 Å². The number of amides is 3. The summed E-state index contributed by atoms with van der Waals surface area (Å²) in [4.78, 5) is 44.9. The van der Waals surface area contributed by atoms with Crippen LogP contribution in [0.2, 0.25) is 0 Å². The quantitative estimate of drug-likeness (QED) is 0.551. The van der Waals surface area contributed by atoms with Crippen LogP contribution in [0, 0.1) is 0 Å². The molecule has 1 aliphatic heterocycles. The molecular formula is C24H27N5O3. The molecule has 0 unspecified atom stereocenters. The molecule has 3 amide bonds. The van der Waals surface area contributed by atoms with Crippen LogP contribution in [0.15, 0.2) is 48.5 Å². The summed E-state index contributed by atoms with van der Waals surface area (Å²) < 4.78 is 2.03. The average Bonchev–Trinajstić information content (AvgIpc) is 3.33. The Morgan fingerprint density at radius 2 is 1.66 bits per heavy atom. The fourth-order valence-corrected chi connectivity index (χ4v) is 3.98. The van der Waals surface area contributed by atoms with Crippen LogP contribution in [0.4, 0.5) is 11.6 Å². The van der Waals surface area contributed by atoms with Crippen LogP contribution >= 0.6 is 0 Å². The van der Waals surface area contributed by atoms with Gasteiger partial charge >= 0.3 is 0 Å². The highest BCUT2D eigenvalue weighted by Gasteiger charge is 2.30. The molecule has 0 spiro atoms. The predicted molar refractivity (Wildman–Crippen MR) is 124 cm³/mol. The van der Waals surface area contributed by atoms with Gasteiger partial charge in [0, 0.05) is 31.5 Å². The van der Waals surface area contributed by atoms with E-state index in [4.69, 9.17) is 0 Å². The molecule has 1 aliphatic rings. The SMILES string of the molecule is CCN(CC)CCn1c(NC(=O)c2ccc(N3C(=O)CCC3=O)cc2)nc2ccccc21. The highest BCUT2D eigenvalue weighted by Crippen LogP contribution is 2.24. The molecule has 166 valence electrons. The number of imide groups is 1. The van der Waals surface area contributed by atoms with Crippen LogP contribution in [0.1, 0.15) is 37.0 Å². The maximum Gasteiger partial charge on any atom is 0.257 e. The number of aromatic nitrogens is 2. The van der Waals surface area contributed by atoms with E-state index in [0.29, 0.717) is 23.7 Å². The summed E-state index contributed by atoms with van der Waals surface area (Å²) in [6.07, 6.45) is 0.454. The molecule has 0 saturated carbocycles. The molecule has 0 radical (unpaired) electrons. The van der Waals surface area contributed by atoms with Crippen LogP contribution in [0.5, 0.6) is 0 Å². The number of benzene rings is 2. The van der Waals surface area contributed by atoms with Gasteiger partial charge < -0.3 is 9.47 Å². The number of carbonyl (C=O) groups is 3. The minimum Gasteiger partial charge on any atom is -0.309 e. The molecule has 1 N–H and O–H groups in total. The smallest absolute Gasteiger partial charge is 0.257 e. The molecule has 1 fully saturated rings. The molecular weight excluding hydrogens is 406 g/mol. The number of nitrogens with one attached hydrogen (secondary N) is 1. The van der Waals surface area contributed by atoms with Gasteiger partial charge in [0.1, 0.15) is 0 Å². The number of hydrogen-bond acceptors (Lipinski definition) is 5. The Bertz CT molecular complexity index is 1130. The zero-order valence-electron chi connectivity index (χ0n) is 18.4. The Hall–Kier alpha value is -3.52. The Balaban J connectivity index is 1.55. The van der Waals surface area contributed by atoms with Crippen molar-refractivity contribution in [2.45, 2.75) is 33.2 Å². The predicted octanol–water partition coefficient (Wildman–Crippen LogP) is 3.28. The number of likely N-dealkylation sites (N-methyl/N-ethyl adjacent to an activating group) is 1. The Morgan fingerprint density at radius 1 is 1.00 bits per heavy atom. The summed E-state index contributed by atoms with van der Waals surface area (Å²) in [6.45, 7) is 7.73. The first-order valence-corrected chi connectivity index (χ1v) is 11.0. The van der Waals surface area contributed by atoms with E-state index in [1.165, 1.54) is 4.90 Å². The number of rotatable bonds is 8. The number of para-hydroxylation sites is 2. The molecule has 4 rings (SSSR count). The standard InChI is InChI=1S/C24H27N5O3/c1-3-27(4-2)15-16-28-20-8-6-5-7-19(20)25-24(28)26-23(32)17-9-11-18(12-10-17)29-21(30)13-14-22(29)31/h5-12H,3-4,13-16H2,1-2H3,(H,25,26,32). The third-order valence-corrected chi connectivity index (χ3v) is 5.85. The third kappa shape index (κ3) is 4.27. The molecule has 1 aromatic heterocycles. The van der Waals surface area contributed by atoms with Crippen molar-refractivity contribution in [2.75, 3.05) is 29.9 Å². The molecule has 0 atom stereocenters. The molecule has 8 heteroatoms. The molecule has 32 heavy (non-hydrogen) atoms. The summed E-state index contributed by atoms with van der Waals surface area (Å²) in [6, 6.07) is 14.3. The first-order chi connectivity index (χ1) is 15.5. The second-order valence-electron chi connectivity index (χ2n) is 7.73. The Morgan fingerprint density at radius 3 is 2.31 bits per heavy atom. The van der Waals surface area contributed by atoms with Crippen molar-refractivity contribution in [3.05, 3.63) is 54.1 Å². The number of carbonyl (C=O) groups excluding carboxylic acids is 3. The first kappa shape index (κ1) is 21.7. The van der Waals surface area contributed by atoms with Gasteiger partial charge in [0.15, 0.2) is 0 Å². The number of hydrogen-bond donors (Lipinski definition) is 1. The molecule has 0 bridgehead atoms. The van der Waals surface area contributed by atoms with Gasteiger partial charge in [-0.15, -0.1) is 0 Å². The summed E-state index contributed by atoms with van der Waals surface area (Å²) in [5.74, 6) is -0.226. The topological polar surface area (TPSA) is 87.5 Å². The van der Waals surface area contributed by atoms with Crippen molar-refractivity contribution in [3.8, 4) is 0 Å². The van der Waals surface area contributed by atoms with Crippen molar-refractivity contribution < 1.29 is 14.4 Å². The molecule has 2 aromatic carbocycles. The second-order valence-corrected chi connectivity index (χ2v) is 7.73. The van der Waals surface area contributed by atoms with Crippen LogP contribution in [0.25, 0.3) is 11.0 Å². The monoisotopic (exact) mass is 433 g/mol. The minimum absolute atomic E-state index is 0.214. The summed E-state index contributed by atoms with van der Waals surface area (Å²) in [5.41, 5.74) is 2.70. The van der Waals surface area contributed by atoms with Crippen molar-refractivity contribution >= 4 is 40.4 Å². The van der Waals surface area contributed by atoms with E-state index in [2.05, 4.69) is 29.0 Å². The molecule has 0 aliphatic carbocycles. The molecule has 1 saturated heterocycles. The van der Waals surface area contributed by atoms with Gasteiger partial charge in [0.25, 0.3) is 5.91 Å². The lowest BCUT2D eigenvalue weighted by atomic mass is 10.2. The van der Waals surface area contributed by atoms with Crippen LogP contribution in [-0.2, 0) is 16.1 Å². The zero-order chi connectivity index (χ0) is 22.7. The van der Waals surface area contributed by atoms with Gasteiger partial charge in [0.05, 0.1) is 16.7 Å². The highest BCUT2D eigenvalue weighted by atomic mass is 16.2. The summed E-state index contributed by atoms with van der Waals surface area (Å²) >= 11 is 0. The molecule has 8 nitrogen and oxygen atoms in total. The van der Waals surface area contributed by atoms with Crippen LogP contribution in [0.3, 0.4) is 0 Å². The van der Waals surface area contributed by atoms with Gasteiger partial charge in [-0.25, -0.2) is 4.98 Å². The van der Waals surface area contributed by atoms with Gasteiger partial charge in [-0.2, -0.15) is 0 Å². The fraction of sp³-hybridized carbons (Fsp3) is 0.333. The highest BCUT2D eigenvalue weighted by molar-refractivity contribution is 6.20. The normalized spacial score (nSPS) is 14.0. The van der Waals surface area contributed by atoms with E-state index in [1.807, 2.05) is 28.8 Å². The van der Waals surface area contributed by atoms with Gasteiger partial charge in [-0.1, -0.05) is 26.0 Å². The fourth-order valence-electron chi connectivity index (χ4n) is 3.98. The zero-order valence-corrected chi connectivity index (χ0v) is 18.4. The molecule has 2 heterocycles. The van der Waals surface area contributed by atoms with E-state index >= 15 is 0 Å². The lowest BCUT2D eigenvalue weighted by molar-refractivity contribution is -0.121. The molecule has 3 aromatic rings. The van der Waals surface area contributed by atoms with Crippen molar-refractivity contribution in [3.63, 3.8) is 0 Å². The van der Waals surface area contributed by atoms with Crippen molar-refractivity contribution in [2.24, 2.45) is 0 Å². The maximum absolute atomic E-state index is 12.9. The Kier molecular flexibility index (Phi) is 6.32. The van der Waals surface area contributed by atoms with E-state index in [0.717, 1.165) is 30.7 Å². The van der Waals surface area contributed by atoms with Gasteiger partial charge in [0.2, 0.25) is 17.8 Å². The van der Waals surface area contributed by atoms with E-state index < -0.39 is 0 Å². The van der Waals surface area contributed by atoms with Crippen LogP contribution in [-0.4, -0.2) is 51.8 Å². The van der Waals surface area contributed by atoms with Crippen LogP contribution < -0.4 is 10.2 Å². The largest absolute Gasteiger partial charge is 0.309 e. The average molecular weight is 434 g/mol. The number of nitrogens with zero attached hydrogens (tertiary/aromatic N) is 4.